The van der Waals surface area contributed by atoms with Crippen LogP contribution in [-0.4, -0.2) is 48.6 Å². The molecule has 0 unspecified atom stereocenters. The number of alkyl halides is 1. The van der Waals surface area contributed by atoms with Crippen molar-refractivity contribution in [3.63, 3.8) is 0 Å². The van der Waals surface area contributed by atoms with Crippen LogP contribution in [0.5, 0.6) is 0 Å². The molecule has 1 aliphatic heterocycles. The fourth-order valence-electron chi connectivity index (χ4n) is 6.38. The van der Waals surface area contributed by atoms with E-state index in [0.29, 0.717) is 39.4 Å². The number of anilines is 1. The van der Waals surface area contributed by atoms with Gasteiger partial charge in [0.05, 0.1) is 51.7 Å². The van der Waals surface area contributed by atoms with E-state index in [2.05, 4.69) is 10.1 Å². The van der Waals surface area contributed by atoms with E-state index in [1.165, 1.54) is 18.4 Å². The summed E-state index contributed by atoms with van der Waals surface area (Å²) in [6.45, 7) is 0.653. The van der Waals surface area contributed by atoms with E-state index in [-0.39, 0.29) is 23.5 Å². The van der Waals surface area contributed by atoms with Crippen LogP contribution in [-0.2, 0) is 16.1 Å². The lowest BCUT2D eigenvalue weighted by Gasteiger charge is -2.44. The van der Waals surface area contributed by atoms with Gasteiger partial charge in [-0.25, -0.2) is 14.2 Å². The van der Waals surface area contributed by atoms with Gasteiger partial charge in [0.25, 0.3) is 0 Å². The first kappa shape index (κ1) is 27.1. The lowest BCUT2D eigenvalue weighted by Crippen LogP contribution is -2.44. The molecule has 3 heterocycles. The van der Waals surface area contributed by atoms with Crippen molar-refractivity contribution in [1.29, 1.82) is 0 Å². The molecule has 0 radical (unpaired) electrons. The highest BCUT2D eigenvalue weighted by Gasteiger charge is 2.53. The molecule has 2 aliphatic carbocycles. The number of benzene rings is 2. The predicted molar refractivity (Wildman–Crippen MR) is 157 cm³/mol. The van der Waals surface area contributed by atoms with E-state index < -0.39 is 6.67 Å². The Morgan fingerprint density at radius 1 is 1.20 bits per heavy atom. The van der Waals surface area contributed by atoms with Gasteiger partial charge in [0, 0.05) is 23.6 Å². The molecule has 2 aromatic carbocycles. The number of hydrogen-bond donors (Lipinski definition) is 0. The molecule has 41 heavy (non-hydrogen) atoms. The summed E-state index contributed by atoms with van der Waals surface area (Å²) >= 11 is 14.5. The van der Waals surface area contributed by atoms with E-state index in [1.807, 2.05) is 12.1 Å². The summed E-state index contributed by atoms with van der Waals surface area (Å²) in [7, 11) is 1.36. The summed E-state index contributed by atoms with van der Waals surface area (Å²) in [5, 5.41) is 6.19. The Balaban J connectivity index is 1.05. The van der Waals surface area contributed by atoms with E-state index in [4.69, 9.17) is 42.2 Å². The number of halogens is 3. The molecule has 0 bridgehead atoms. The van der Waals surface area contributed by atoms with Gasteiger partial charge in [-0.05, 0) is 67.9 Å². The van der Waals surface area contributed by atoms with Gasteiger partial charge in [0.1, 0.15) is 18.1 Å². The normalized spacial score (nSPS) is 23.9. The highest BCUT2D eigenvalue weighted by molar-refractivity contribution is 7.22. The number of methoxy groups -OCH3 is 1. The second-order valence-electron chi connectivity index (χ2n) is 11.4. The molecule has 214 valence electrons. The topological polar surface area (TPSA) is 77.7 Å². The first-order valence-corrected chi connectivity index (χ1v) is 15.3. The molecule has 7 rings (SSSR count). The van der Waals surface area contributed by atoms with Crippen LogP contribution in [0.25, 0.3) is 21.5 Å². The van der Waals surface area contributed by atoms with Gasteiger partial charge >= 0.3 is 5.97 Å². The molecule has 2 saturated carbocycles. The van der Waals surface area contributed by atoms with E-state index in [9.17, 15) is 9.18 Å². The number of carbonyl (C=O) groups excluding carboxylic acids is 1. The Morgan fingerprint density at radius 3 is 2.68 bits per heavy atom. The lowest BCUT2D eigenvalue weighted by atomic mass is 9.65. The number of ether oxygens (including phenoxy) is 2. The smallest absolute Gasteiger partial charge is 0.337 e. The number of carbonyl (C=O) groups is 1. The van der Waals surface area contributed by atoms with Crippen LogP contribution in [0.3, 0.4) is 0 Å². The number of rotatable bonds is 8. The molecule has 3 fully saturated rings. The van der Waals surface area contributed by atoms with Crippen molar-refractivity contribution in [3.8, 4) is 11.3 Å². The summed E-state index contributed by atoms with van der Waals surface area (Å²) in [5.74, 6) is 0.831. The number of aromatic nitrogens is 2. The van der Waals surface area contributed by atoms with Gasteiger partial charge in [-0.1, -0.05) is 45.8 Å². The summed E-state index contributed by atoms with van der Waals surface area (Å²) in [5.41, 5.74) is 3.49. The van der Waals surface area contributed by atoms with Crippen LogP contribution >= 0.6 is 34.5 Å². The molecule has 11 heteroatoms. The number of fused-ring (bicyclic) bond motifs is 1. The van der Waals surface area contributed by atoms with Crippen LogP contribution < -0.4 is 4.90 Å². The van der Waals surface area contributed by atoms with E-state index >= 15 is 0 Å². The van der Waals surface area contributed by atoms with Crippen LogP contribution in [0.1, 0.15) is 59.7 Å². The molecular weight excluding hydrogens is 588 g/mol. The van der Waals surface area contributed by atoms with Crippen molar-refractivity contribution in [3.05, 3.63) is 63.3 Å². The van der Waals surface area contributed by atoms with Gasteiger partial charge in [-0.2, -0.15) is 0 Å². The predicted octanol–water partition coefficient (Wildman–Crippen LogP) is 7.84. The van der Waals surface area contributed by atoms with E-state index in [1.54, 1.807) is 24.3 Å². The maximum Gasteiger partial charge on any atom is 0.337 e. The third-order valence-electron chi connectivity index (χ3n) is 8.59. The Kier molecular flexibility index (Phi) is 6.97. The second-order valence-corrected chi connectivity index (χ2v) is 13.2. The van der Waals surface area contributed by atoms with Crippen LogP contribution in [0, 0.1) is 5.41 Å². The summed E-state index contributed by atoms with van der Waals surface area (Å²) in [6, 6.07) is 10.5. The van der Waals surface area contributed by atoms with Gasteiger partial charge in [0.2, 0.25) is 0 Å². The molecule has 1 saturated heterocycles. The number of hydrogen-bond acceptors (Lipinski definition) is 8. The third kappa shape index (κ3) is 4.90. The van der Waals surface area contributed by atoms with Crippen molar-refractivity contribution in [2.75, 3.05) is 25.2 Å². The number of thiazole rings is 1. The molecule has 2 aromatic heterocycles. The number of nitrogens with zero attached hydrogens (tertiary/aromatic N) is 3. The molecule has 1 spiro atoms. The summed E-state index contributed by atoms with van der Waals surface area (Å²) in [6.07, 6.45) is 4.66. The molecule has 0 amide bonds. The fraction of sp³-hybridized carbons (Fsp3) is 0.433. The van der Waals surface area contributed by atoms with Crippen molar-refractivity contribution >= 4 is 55.9 Å². The monoisotopic (exact) mass is 615 g/mol. The third-order valence-corrected chi connectivity index (χ3v) is 10.3. The van der Waals surface area contributed by atoms with Crippen LogP contribution in [0.15, 0.2) is 40.9 Å². The van der Waals surface area contributed by atoms with Crippen LogP contribution in [0.2, 0.25) is 10.0 Å². The van der Waals surface area contributed by atoms with Gasteiger partial charge < -0.3 is 18.9 Å². The zero-order valence-electron chi connectivity index (χ0n) is 22.4. The van der Waals surface area contributed by atoms with Crippen molar-refractivity contribution in [2.24, 2.45) is 5.41 Å². The zero-order valence-corrected chi connectivity index (χ0v) is 24.7. The van der Waals surface area contributed by atoms with Crippen molar-refractivity contribution < 1.29 is 23.2 Å². The Hall–Kier alpha value is -2.72. The average Bonchev–Trinajstić information content (AvgIpc) is 3.39. The quantitative estimate of drug-likeness (QED) is 0.187. The minimum atomic E-state index is -0.440. The standard InChI is InChI=1S/C30H28Cl2FN3O4S/c1-38-28(37)17-7-8-23-24(9-17)41-29(34-23)36-15-30(10-18(36)13-33)11-19(12-30)39-14-20-26(35-40-27(20)16-5-6-16)25-21(31)3-2-4-22(25)32/h2-4,7-9,16,18-19H,5-6,10-15H2,1H3/t18-,19?,30?/m0/s1. The first-order chi connectivity index (χ1) is 19.9. The van der Waals surface area contributed by atoms with Crippen LogP contribution in [0.4, 0.5) is 9.52 Å². The summed E-state index contributed by atoms with van der Waals surface area (Å²) in [4.78, 5) is 18.8. The molecular formula is C30H28Cl2FN3O4S. The van der Waals surface area contributed by atoms with Crippen molar-refractivity contribution in [1.82, 2.24) is 10.1 Å². The zero-order chi connectivity index (χ0) is 28.3. The van der Waals surface area contributed by atoms with Gasteiger partial charge in [-0.3, -0.25) is 0 Å². The minimum Gasteiger partial charge on any atom is -0.465 e. The second kappa shape index (κ2) is 10.5. The average molecular weight is 617 g/mol. The molecule has 7 nitrogen and oxygen atoms in total. The lowest BCUT2D eigenvalue weighted by molar-refractivity contribution is -0.0809. The maximum absolute atomic E-state index is 14.2. The maximum atomic E-state index is 14.2. The highest BCUT2D eigenvalue weighted by atomic mass is 35.5. The SMILES string of the molecule is COC(=O)c1ccc2nc(N3CC4(CC(OCc5c(-c6c(Cl)cccc6Cl)noc5C5CC5)C4)C[C@H]3CF)sc2c1. The molecule has 4 aromatic rings. The van der Waals surface area contributed by atoms with E-state index in [0.717, 1.165) is 65.3 Å². The Morgan fingerprint density at radius 2 is 1.98 bits per heavy atom. The Bertz CT molecular complexity index is 1610. The molecule has 1 atom stereocenters. The molecule has 0 N–H and O–H groups in total. The molecule has 3 aliphatic rings. The largest absolute Gasteiger partial charge is 0.465 e. The van der Waals surface area contributed by atoms with Crippen molar-refractivity contribution in [2.45, 2.75) is 56.8 Å². The number of esters is 1. The Labute approximate surface area is 250 Å². The highest BCUT2D eigenvalue weighted by Crippen LogP contribution is 2.54. The summed E-state index contributed by atoms with van der Waals surface area (Å²) < 4.78 is 32.2. The van der Waals surface area contributed by atoms with Gasteiger partial charge in [-0.15, -0.1) is 0 Å². The fourth-order valence-corrected chi connectivity index (χ4v) is 8.03. The van der Waals surface area contributed by atoms with Gasteiger partial charge in [0.15, 0.2) is 5.13 Å². The first-order valence-electron chi connectivity index (χ1n) is 13.7. The minimum absolute atomic E-state index is 0.0146.